The largest absolute Gasteiger partial charge is 0.481 e. The third-order valence-electron chi connectivity index (χ3n) is 7.43. The molecule has 4 atom stereocenters. The molecule has 0 bridgehead atoms. The van der Waals surface area contributed by atoms with Crippen molar-refractivity contribution in [3.8, 4) is 0 Å². The van der Waals surface area contributed by atoms with E-state index in [0.29, 0.717) is 23.9 Å². The van der Waals surface area contributed by atoms with Gasteiger partial charge in [-0.15, -0.1) is 0 Å². The van der Waals surface area contributed by atoms with Gasteiger partial charge in [0.1, 0.15) is 5.78 Å². The number of rotatable bonds is 6. The molecule has 2 aliphatic carbocycles. The highest BCUT2D eigenvalue weighted by atomic mass is 19.4. The number of ketones is 1. The molecule has 2 fully saturated rings. The fourth-order valence-corrected chi connectivity index (χ4v) is 5.61. The van der Waals surface area contributed by atoms with Gasteiger partial charge in [-0.05, 0) is 86.3 Å². The number of benzene rings is 2. The SMILES string of the molecule is O=C(O)CCC1CCC2CC(c3ccc(NC(=O)Nc4cccc(C(F)(F)F)c4)cc3)CCC2C1=O. The molecule has 2 aromatic rings. The maximum Gasteiger partial charge on any atom is 0.416 e. The number of hydrogen-bond acceptors (Lipinski definition) is 3. The molecule has 6 nitrogen and oxygen atoms in total. The maximum absolute atomic E-state index is 12.9. The minimum Gasteiger partial charge on any atom is -0.481 e. The number of fused-ring (bicyclic) bond motifs is 1. The van der Waals surface area contributed by atoms with E-state index in [1.165, 1.54) is 12.1 Å². The second-order valence-electron chi connectivity index (χ2n) is 9.77. The van der Waals surface area contributed by atoms with Gasteiger partial charge in [-0.1, -0.05) is 18.2 Å². The van der Waals surface area contributed by atoms with Gasteiger partial charge in [0, 0.05) is 29.6 Å². The number of nitrogens with one attached hydrogen (secondary N) is 2. The molecule has 0 saturated heterocycles. The normalized spacial score (nSPS) is 24.0. The van der Waals surface area contributed by atoms with Crippen molar-refractivity contribution in [3.63, 3.8) is 0 Å². The van der Waals surface area contributed by atoms with Gasteiger partial charge >= 0.3 is 18.2 Å². The maximum atomic E-state index is 12.9. The molecule has 2 saturated carbocycles. The number of alkyl halides is 3. The lowest BCUT2D eigenvalue weighted by Crippen LogP contribution is -2.38. The fraction of sp³-hybridized carbons (Fsp3) is 0.444. The minimum atomic E-state index is -4.49. The van der Waals surface area contributed by atoms with E-state index in [1.54, 1.807) is 12.1 Å². The lowest BCUT2D eigenvalue weighted by Gasteiger charge is -2.41. The van der Waals surface area contributed by atoms with Crippen molar-refractivity contribution in [3.05, 3.63) is 59.7 Å². The Morgan fingerprint density at radius 1 is 0.944 bits per heavy atom. The smallest absolute Gasteiger partial charge is 0.416 e. The molecule has 0 spiro atoms. The molecule has 4 rings (SSSR count). The van der Waals surface area contributed by atoms with Crippen LogP contribution in [-0.2, 0) is 15.8 Å². The molecule has 3 N–H and O–H groups in total. The average Bonchev–Trinajstić information content (AvgIpc) is 2.83. The van der Waals surface area contributed by atoms with Crippen molar-refractivity contribution >= 4 is 29.2 Å². The summed E-state index contributed by atoms with van der Waals surface area (Å²) in [6.07, 6.45) is 0.251. The van der Waals surface area contributed by atoms with Crippen molar-refractivity contribution in [2.45, 2.75) is 57.0 Å². The Balaban J connectivity index is 1.31. The van der Waals surface area contributed by atoms with E-state index >= 15 is 0 Å². The zero-order valence-corrected chi connectivity index (χ0v) is 19.7. The van der Waals surface area contributed by atoms with Gasteiger partial charge in [-0.3, -0.25) is 9.59 Å². The van der Waals surface area contributed by atoms with E-state index in [4.69, 9.17) is 5.11 Å². The summed E-state index contributed by atoms with van der Waals surface area (Å²) in [5.74, 6) is -0.117. The van der Waals surface area contributed by atoms with Crippen molar-refractivity contribution in [2.75, 3.05) is 10.6 Å². The van der Waals surface area contributed by atoms with Gasteiger partial charge in [0.25, 0.3) is 0 Å². The second-order valence-corrected chi connectivity index (χ2v) is 9.77. The van der Waals surface area contributed by atoms with Gasteiger partial charge in [-0.2, -0.15) is 13.2 Å². The van der Waals surface area contributed by atoms with Crippen molar-refractivity contribution in [1.82, 2.24) is 0 Å². The van der Waals surface area contributed by atoms with Crippen LogP contribution in [0.1, 0.15) is 62.0 Å². The molecule has 36 heavy (non-hydrogen) atoms. The number of carboxylic acids is 1. The van der Waals surface area contributed by atoms with E-state index in [0.717, 1.165) is 49.8 Å². The zero-order valence-electron chi connectivity index (χ0n) is 19.7. The molecule has 0 radical (unpaired) electrons. The average molecular weight is 503 g/mol. The first-order chi connectivity index (χ1) is 17.1. The van der Waals surface area contributed by atoms with Crippen LogP contribution >= 0.6 is 0 Å². The van der Waals surface area contributed by atoms with Gasteiger partial charge < -0.3 is 15.7 Å². The topological polar surface area (TPSA) is 95.5 Å². The highest BCUT2D eigenvalue weighted by molar-refractivity contribution is 5.99. The molecule has 192 valence electrons. The van der Waals surface area contributed by atoms with Gasteiger partial charge in [-0.25, -0.2) is 4.79 Å². The highest BCUT2D eigenvalue weighted by Gasteiger charge is 2.41. The third-order valence-corrected chi connectivity index (χ3v) is 7.43. The molecule has 9 heteroatoms. The number of carboxylic acid groups (broad SMARTS) is 1. The van der Waals surface area contributed by atoms with Crippen LogP contribution in [0.25, 0.3) is 0 Å². The first kappa shape index (κ1) is 25.7. The van der Waals surface area contributed by atoms with Gasteiger partial charge in [0.15, 0.2) is 0 Å². The summed E-state index contributed by atoms with van der Waals surface area (Å²) in [5.41, 5.74) is 0.849. The predicted octanol–water partition coefficient (Wildman–Crippen LogP) is 6.69. The van der Waals surface area contributed by atoms with E-state index in [9.17, 15) is 27.6 Å². The summed E-state index contributed by atoms with van der Waals surface area (Å²) in [4.78, 5) is 36.0. The number of anilines is 2. The molecule has 0 aliphatic heterocycles. The lowest BCUT2D eigenvalue weighted by atomic mass is 9.62. The Labute approximate surface area is 207 Å². The molecule has 0 heterocycles. The molecule has 2 amide bonds. The molecule has 0 aromatic heterocycles. The van der Waals surface area contributed by atoms with Crippen LogP contribution in [0.15, 0.2) is 48.5 Å². The van der Waals surface area contributed by atoms with Gasteiger partial charge in [0.2, 0.25) is 0 Å². The first-order valence-corrected chi connectivity index (χ1v) is 12.2. The first-order valence-electron chi connectivity index (χ1n) is 12.2. The van der Waals surface area contributed by atoms with Crippen molar-refractivity contribution < 1.29 is 32.7 Å². The lowest BCUT2D eigenvalue weighted by molar-refractivity contribution is -0.139. The quantitative estimate of drug-likeness (QED) is 0.410. The molecule has 2 aromatic carbocycles. The second kappa shape index (κ2) is 10.7. The summed E-state index contributed by atoms with van der Waals surface area (Å²) in [6.45, 7) is 0. The number of urea groups is 1. The summed E-state index contributed by atoms with van der Waals surface area (Å²) >= 11 is 0. The van der Waals surface area contributed by atoms with E-state index in [2.05, 4.69) is 10.6 Å². The molecular weight excluding hydrogens is 473 g/mol. The van der Waals surface area contributed by atoms with Gasteiger partial charge in [0.05, 0.1) is 5.56 Å². The van der Waals surface area contributed by atoms with Crippen LogP contribution in [0, 0.1) is 17.8 Å². The van der Waals surface area contributed by atoms with Crippen LogP contribution in [-0.4, -0.2) is 22.9 Å². The van der Waals surface area contributed by atoms with Crippen LogP contribution in [0.4, 0.5) is 29.3 Å². The Morgan fingerprint density at radius 3 is 2.36 bits per heavy atom. The Hall–Kier alpha value is -3.36. The number of carbonyl (C=O) groups excluding carboxylic acids is 2. The number of carbonyl (C=O) groups is 3. The van der Waals surface area contributed by atoms with E-state index < -0.39 is 23.7 Å². The zero-order chi connectivity index (χ0) is 25.9. The van der Waals surface area contributed by atoms with E-state index in [-0.39, 0.29) is 29.7 Å². The third kappa shape index (κ3) is 6.25. The Morgan fingerprint density at radius 2 is 1.67 bits per heavy atom. The molecular formula is C27H29F3N2O4. The molecule has 2 aliphatic rings. The van der Waals surface area contributed by atoms with Crippen LogP contribution in [0.5, 0.6) is 0 Å². The number of hydrogen-bond donors (Lipinski definition) is 3. The van der Waals surface area contributed by atoms with Crippen LogP contribution in [0.3, 0.4) is 0 Å². The standard InChI is InChI=1S/C27H29F3N2O4/c28-27(29,30)20-2-1-3-22(15-20)32-26(36)31-21-10-6-16(7-11-21)18-8-12-23-19(14-18)5-4-17(25(23)35)9-13-24(33)34/h1-3,6-7,10-11,15,17-19,23H,4-5,8-9,12-14H2,(H,33,34)(H2,31,32,36). The van der Waals surface area contributed by atoms with Crippen molar-refractivity contribution in [1.29, 1.82) is 0 Å². The highest BCUT2D eigenvalue weighted by Crippen LogP contribution is 2.47. The fourth-order valence-electron chi connectivity index (χ4n) is 5.61. The Kier molecular flexibility index (Phi) is 7.66. The summed E-state index contributed by atoms with van der Waals surface area (Å²) in [7, 11) is 0. The minimum absolute atomic E-state index is 0.0225. The van der Waals surface area contributed by atoms with Crippen LogP contribution < -0.4 is 10.6 Å². The summed E-state index contributed by atoms with van der Waals surface area (Å²) in [6, 6.07) is 11.2. The number of amides is 2. The van der Waals surface area contributed by atoms with Crippen molar-refractivity contribution in [2.24, 2.45) is 17.8 Å². The van der Waals surface area contributed by atoms with E-state index in [1.807, 2.05) is 12.1 Å². The predicted molar refractivity (Wildman–Crippen MR) is 129 cm³/mol. The molecule has 4 unspecified atom stereocenters. The Bertz CT molecular complexity index is 1120. The number of aliphatic carboxylic acids is 1. The number of Topliss-reactive ketones (excluding diaryl/α,β-unsaturated/α-hetero) is 1. The summed E-state index contributed by atoms with van der Waals surface area (Å²) in [5, 5.41) is 14.0. The monoisotopic (exact) mass is 502 g/mol. The number of halogens is 3. The van der Waals surface area contributed by atoms with Crippen LogP contribution in [0.2, 0.25) is 0 Å². The summed E-state index contributed by atoms with van der Waals surface area (Å²) < 4.78 is 38.6.